The first-order valence-electron chi connectivity index (χ1n) is 9.74. The Morgan fingerprint density at radius 1 is 0.833 bits per heavy atom. The van der Waals surface area contributed by atoms with Crippen LogP contribution >= 0.6 is 15.9 Å². The van der Waals surface area contributed by atoms with Gasteiger partial charge in [0.25, 0.3) is 0 Å². The molecule has 4 nitrogen and oxygen atoms in total. The number of hydrogen-bond acceptors (Lipinski definition) is 4. The molecule has 0 saturated carbocycles. The van der Waals surface area contributed by atoms with Crippen molar-refractivity contribution in [3.63, 3.8) is 0 Å². The van der Waals surface area contributed by atoms with E-state index in [4.69, 9.17) is 14.6 Å². The second-order valence-electron chi connectivity index (χ2n) is 7.01. The van der Waals surface area contributed by atoms with Crippen LogP contribution in [0.1, 0.15) is 23.6 Å². The quantitative estimate of drug-likeness (QED) is 0.419. The van der Waals surface area contributed by atoms with Crippen LogP contribution in [0.2, 0.25) is 0 Å². The van der Waals surface area contributed by atoms with E-state index >= 15 is 0 Å². The highest BCUT2D eigenvalue weighted by molar-refractivity contribution is 9.10. The Hall–Kier alpha value is -3.05. The van der Waals surface area contributed by atoms with Crippen molar-refractivity contribution < 1.29 is 9.47 Å². The number of nitrogens with zero attached hydrogens (tertiary/aromatic N) is 2. The summed E-state index contributed by atoms with van der Waals surface area (Å²) in [6, 6.07) is 24.6. The average molecular weight is 463 g/mol. The van der Waals surface area contributed by atoms with Crippen molar-refractivity contribution in [2.24, 2.45) is 5.10 Å². The van der Waals surface area contributed by atoms with Crippen LogP contribution in [-0.2, 0) is 0 Å². The molecule has 4 rings (SSSR count). The molecule has 0 spiro atoms. The van der Waals surface area contributed by atoms with Crippen LogP contribution in [0.3, 0.4) is 0 Å². The van der Waals surface area contributed by atoms with E-state index in [9.17, 15) is 0 Å². The van der Waals surface area contributed by atoms with Crippen LogP contribution in [0.4, 0.5) is 5.69 Å². The normalized spacial score (nSPS) is 16.0. The van der Waals surface area contributed by atoms with E-state index < -0.39 is 0 Å². The molecule has 0 saturated heterocycles. The summed E-state index contributed by atoms with van der Waals surface area (Å²) in [5, 5.41) is 7.03. The number of allylic oxidation sites excluding steroid dienone is 1. The van der Waals surface area contributed by atoms with E-state index in [2.05, 4.69) is 57.4 Å². The van der Waals surface area contributed by atoms with Gasteiger partial charge in [-0.1, -0.05) is 46.3 Å². The van der Waals surface area contributed by atoms with Gasteiger partial charge < -0.3 is 9.47 Å². The maximum atomic E-state index is 5.31. The smallest absolute Gasteiger partial charge is 0.118 e. The first-order chi connectivity index (χ1) is 14.7. The third-order valence-corrected chi connectivity index (χ3v) is 5.64. The van der Waals surface area contributed by atoms with Crippen LogP contribution in [0.5, 0.6) is 11.5 Å². The minimum Gasteiger partial charge on any atom is -0.497 e. The average Bonchev–Trinajstić information content (AvgIpc) is 3.23. The van der Waals surface area contributed by atoms with Gasteiger partial charge in [-0.2, -0.15) is 5.10 Å². The van der Waals surface area contributed by atoms with Crippen molar-refractivity contribution in [3.05, 3.63) is 94.5 Å². The number of rotatable bonds is 6. The fourth-order valence-corrected chi connectivity index (χ4v) is 3.72. The summed E-state index contributed by atoms with van der Waals surface area (Å²) in [5.41, 5.74) is 4.42. The molecular weight excluding hydrogens is 440 g/mol. The third-order valence-electron chi connectivity index (χ3n) is 5.11. The minimum atomic E-state index is 0.132. The lowest BCUT2D eigenvalue weighted by Gasteiger charge is -2.24. The summed E-state index contributed by atoms with van der Waals surface area (Å²) < 4.78 is 11.6. The van der Waals surface area contributed by atoms with Gasteiger partial charge in [-0.15, -0.1) is 0 Å². The van der Waals surface area contributed by atoms with Crippen LogP contribution < -0.4 is 14.5 Å². The van der Waals surface area contributed by atoms with Crippen molar-refractivity contribution >= 4 is 33.4 Å². The number of methoxy groups -OCH3 is 2. The molecule has 0 aliphatic carbocycles. The van der Waals surface area contributed by atoms with Gasteiger partial charge in [0.05, 0.1) is 31.7 Å². The molecule has 0 amide bonds. The fraction of sp³-hybridized carbons (Fsp3) is 0.160. The van der Waals surface area contributed by atoms with Gasteiger partial charge in [0, 0.05) is 10.9 Å². The molecule has 1 aliphatic heterocycles. The summed E-state index contributed by atoms with van der Waals surface area (Å²) in [4.78, 5) is 0. The van der Waals surface area contributed by atoms with E-state index in [1.807, 2.05) is 48.5 Å². The third kappa shape index (κ3) is 4.57. The molecule has 1 heterocycles. The highest BCUT2D eigenvalue weighted by Crippen LogP contribution is 2.36. The summed E-state index contributed by atoms with van der Waals surface area (Å²) in [6.07, 6.45) is 5.01. The Bertz CT molecular complexity index is 1040. The Kier molecular flexibility index (Phi) is 6.19. The van der Waals surface area contributed by atoms with Crippen LogP contribution in [0.15, 0.2) is 88.4 Å². The van der Waals surface area contributed by atoms with Gasteiger partial charge >= 0.3 is 0 Å². The molecule has 0 fully saturated rings. The molecule has 1 atom stereocenters. The maximum Gasteiger partial charge on any atom is 0.118 e. The van der Waals surface area contributed by atoms with Crippen molar-refractivity contribution in [2.75, 3.05) is 19.2 Å². The Balaban J connectivity index is 1.61. The molecular formula is C25H23BrN2O2. The first-order valence-corrected chi connectivity index (χ1v) is 10.5. The lowest BCUT2D eigenvalue weighted by Crippen LogP contribution is -2.18. The molecule has 0 aromatic heterocycles. The van der Waals surface area contributed by atoms with Gasteiger partial charge in [-0.05, 0) is 65.7 Å². The topological polar surface area (TPSA) is 34.1 Å². The van der Waals surface area contributed by atoms with E-state index in [0.29, 0.717) is 0 Å². The highest BCUT2D eigenvalue weighted by atomic mass is 79.9. The number of ether oxygens (including phenoxy) is 2. The summed E-state index contributed by atoms with van der Waals surface area (Å²) >= 11 is 3.51. The van der Waals surface area contributed by atoms with Gasteiger partial charge in [0.1, 0.15) is 11.5 Å². The number of anilines is 1. The number of halogens is 1. The molecule has 3 aromatic carbocycles. The molecule has 5 heteroatoms. The van der Waals surface area contributed by atoms with Crippen molar-refractivity contribution in [1.29, 1.82) is 0 Å². The predicted octanol–water partition coefficient (Wildman–Crippen LogP) is 6.49. The number of benzene rings is 3. The second-order valence-corrected chi connectivity index (χ2v) is 7.93. The van der Waals surface area contributed by atoms with Gasteiger partial charge in [-0.25, -0.2) is 0 Å². The maximum absolute atomic E-state index is 5.31. The zero-order chi connectivity index (χ0) is 20.9. The second kappa shape index (κ2) is 9.18. The Morgan fingerprint density at radius 2 is 1.43 bits per heavy atom. The molecule has 3 aromatic rings. The monoisotopic (exact) mass is 462 g/mol. The van der Waals surface area contributed by atoms with E-state index in [1.54, 1.807) is 14.2 Å². The van der Waals surface area contributed by atoms with Gasteiger partial charge in [-0.3, -0.25) is 5.01 Å². The lowest BCUT2D eigenvalue weighted by molar-refractivity contribution is 0.414. The van der Waals surface area contributed by atoms with E-state index in [1.165, 1.54) is 5.56 Å². The number of hydrazone groups is 1. The Morgan fingerprint density at radius 3 is 2.03 bits per heavy atom. The lowest BCUT2D eigenvalue weighted by atomic mass is 10.0. The highest BCUT2D eigenvalue weighted by Gasteiger charge is 2.28. The summed E-state index contributed by atoms with van der Waals surface area (Å²) in [5.74, 6) is 1.71. The first kappa shape index (κ1) is 20.2. The molecule has 1 unspecified atom stereocenters. The summed E-state index contributed by atoms with van der Waals surface area (Å²) in [6.45, 7) is 0. The van der Waals surface area contributed by atoms with Gasteiger partial charge in [0.2, 0.25) is 0 Å². The van der Waals surface area contributed by atoms with E-state index in [-0.39, 0.29) is 6.04 Å². The predicted molar refractivity (Wildman–Crippen MR) is 126 cm³/mol. The standard InChI is InChI=1S/C25H23BrN2O2/c1-29-23-13-4-18(5-14-23)3-10-21-17-25(19-6-15-24(30-2)16-7-19)28(27-21)22-11-8-20(26)9-12-22/h3-16,25H,17H2,1-2H3. The molecule has 1 aliphatic rings. The minimum absolute atomic E-state index is 0.132. The SMILES string of the molecule is COc1ccc(C=CC2=NN(c3ccc(Br)cc3)C(c3ccc(OC)cc3)C2)cc1. The molecule has 30 heavy (non-hydrogen) atoms. The molecule has 0 radical (unpaired) electrons. The van der Waals surface area contributed by atoms with Crippen molar-refractivity contribution in [1.82, 2.24) is 0 Å². The van der Waals surface area contributed by atoms with Crippen LogP contribution in [0.25, 0.3) is 6.08 Å². The zero-order valence-corrected chi connectivity index (χ0v) is 18.5. The zero-order valence-electron chi connectivity index (χ0n) is 17.0. The molecule has 152 valence electrons. The fourth-order valence-electron chi connectivity index (χ4n) is 3.46. The molecule has 0 bridgehead atoms. The van der Waals surface area contributed by atoms with E-state index in [0.717, 1.165) is 39.4 Å². The molecule has 0 N–H and O–H groups in total. The van der Waals surface area contributed by atoms with Crippen LogP contribution in [0, 0.1) is 0 Å². The van der Waals surface area contributed by atoms with Crippen LogP contribution in [-0.4, -0.2) is 19.9 Å². The largest absolute Gasteiger partial charge is 0.497 e. The summed E-state index contributed by atoms with van der Waals surface area (Å²) in [7, 11) is 3.36. The Labute approximate surface area is 185 Å². The van der Waals surface area contributed by atoms with Crippen molar-refractivity contribution in [2.45, 2.75) is 12.5 Å². The van der Waals surface area contributed by atoms with Gasteiger partial charge in [0.15, 0.2) is 0 Å². The van der Waals surface area contributed by atoms with Crippen molar-refractivity contribution in [3.8, 4) is 11.5 Å². The number of hydrogen-bond donors (Lipinski definition) is 0.